The number of imidazole rings is 2. The predicted octanol–water partition coefficient (Wildman–Crippen LogP) is 7.65. The molecule has 6 rings (SSSR count). The van der Waals surface area contributed by atoms with E-state index in [0.29, 0.717) is 17.6 Å². The molecule has 4 heterocycles. The third-order valence-corrected chi connectivity index (χ3v) is 8.43. The van der Waals surface area contributed by atoms with Crippen LogP contribution >= 0.6 is 0 Å². The SMILES string of the molecule is CC(C)COc1nc(C(F)(F)F)ccc1/C=C/C(=O)N(/C(=C/c1ccc(C(F)(F)F)nc1OCC(C)C)C(=O)Nc1cccc2[nH]c(=O)[nH]c12)c1cccc2[nH]c(=O)[nH]c12. The first kappa shape index (κ1) is 42.5. The summed E-state index contributed by atoms with van der Waals surface area (Å²) >= 11 is 0. The molecule has 0 aliphatic rings. The maximum atomic E-state index is 14.7. The van der Waals surface area contributed by atoms with E-state index in [4.69, 9.17) is 9.47 Å². The number of carbonyl (C=O) groups is 2. The number of halogens is 6. The summed E-state index contributed by atoms with van der Waals surface area (Å²) in [6, 6.07) is 12.2. The topological polar surface area (TPSA) is 191 Å². The van der Waals surface area contributed by atoms with Gasteiger partial charge in [0.15, 0.2) is 0 Å². The molecule has 5 N–H and O–H groups in total. The number of ether oxygens (including phenoxy) is 2. The van der Waals surface area contributed by atoms with Crippen molar-refractivity contribution < 1.29 is 45.4 Å². The van der Waals surface area contributed by atoms with Gasteiger partial charge in [-0.3, -0.25) is 14.5 Å². The number of benzene rings is 2. The molecule has 0 bridgehead atoms. The normalized spacial score (nSPS) is 12.6. The van der Waals surface area contributed by atoms with Gasteiger partial charge in [0, 0.05) is 17.2 Å². The molecule has 20 heteroatoms. The Morgan fingerprint density at radius 1 is 0.717 bits per heavy atom. The minimum absolute atomic E-state index is 0.0130. The molecule has 4 aromatic heterocycles. The number of para-hydroxylation sites is 2. The van der Waals surface area contributed by atoms with Crippen molar-refractivity contribution in [3.05, 3.63) is 116 Å². The predicted molar refractivity (Wildman–Crippen MR) is 210 cm³/mol. The lowest BCUT2D eigenvalue weighted by Gasteiger charge is -2.25. The molecular weight excluding hydrogens is 802 g/mol. The molecule has 60 heavy (non-hydrogen) atoms. The molecule has 0 atom stereocenters. The minimum atomic E-state index is -4.89. The number of hydrogen-bond donors (Lipinski definition) is 5. The average molecular weight is 839 g/mol. The number of hydrogen-bond acceptors (Lipinski definition) is 8. The van der Waals surface area contributed by atoms with Gasteiger partial charge in [0.25, 0.3) is 11.8 Å². The third kappa shape index (κ3) is 9.76. The number of amides is 2. The molecule has 0 saturated heterocycles. The van der Waals surface area contributed by atoms with Gasteiger partial charge in [-0.15, -0.1) is 0 Å². The molecule has 0 fully saturated rings. The number of aromatic nitrogens is 6. The van der Waals surface area contributed by atoms with E-state index in [-0.39, 0.29) is 64.1 Å². The summed E-state index contributed by atoms with van der Waals surface area (Å²) in [5.74, 6) is -3.41. The Labute approximate surface area is 335 Å². The molecule has 0 aliphatic carbocycles. The molecule has 0 saturated carbocycles. The van der Waals surface area contributed by atoms with E-state index < -0.39 is 64.4 Å². The van der Waals surface area contributed by atoms with Gasteiger partial charge in [0.05, 0.1) is 46.7 Å². The summed E-state index contributed by atoms with van der Waals surface area (Å²) < 4.78 is 94.0. The number of anilines is 2. The number of H-pyrrole nitrogens is 4. The molecular formula is C40H36F6N8O6. The van der Waals surface area contributed by atoms with E-state index >= 15 is 0 Å². The van der Waals surface area contributed by atoms with E-state index in [0.717, 1.165) is 35.3 Å². The number of alkyl halides is 6. The zero-order valence-corrected chi connectivity index (χ0v) is 32.1. The highest BCUT2D eigenvalue weighted by atomic mass is 19.4. The fourth-order valence-corrected chi connectivity index (χ4v) is 5.74. The first-order valence-corrected chi connectivity index (χ1v) is 18.2. The van der Waals surface area contributed by atoms with Crippen LogP contribution in [0.25, 0.3) is 34.2 Å². The average Bonchev–Trinajstić information content (AvgIpc) is 3.76. The van der Waals surface area contributed by atoms with Crippen LogP contribution in [-0.4, -0.2) is 54.9 Å². The van der Waals surface area contributed by atoms with Crippen LogP contribution in [0, 0.1) is 11.8 Å². The van der Waals surface area contributed by atoms with Crippen LogP contribution in [0.2, 0.25) is 0 Å². The zero-order chi connectivity index (χ0) is 43.5. The Balaban J connectivity index is 1.58. The van der Waals surface area contributed by atoms with Gasteiger partial charge >= 0.3 is 23.7 Å². The Kier molecular flexibility index (Phi) is 12.0. The number of nitrogens with one attached hydrogen (secondary N) is 5. The summed E-state index contributed by atoms with van der Waals surface area (Å²) in [6.07, 6.45) is -6.66. The lowest BCUT2D eigenvalue weighted by Crippen LogP contribution is -2.35. The van der Waals surface area contributed by atoms with Crippen molar-refractivity contribution in [3.63, 3.8) is 0 Å². The molecule has 14 nitrogen and oxygen atoms in total. The summed E-state index contributed by atoms with van der Waals surface area (Å²) in [4.78, 5) is 72.5. The Bertz CT molecular complexity index is 2740. The monoisotopic (exact) mass is 838 g/mol. The highest BCUT2D eigenvalue weighted by Gasteiger charge is 2.35. The zero-order valence-electron chi connectivity index (χ0n) is 32.1. The Morgan fingerprint density at radius 3 is 1.80 bits per heavy atom. The largest absolute Gasteiger partial charge is 0.477 e. The smallest absolute Gasteiger partial charge is 0.433 e. The number of nitrogens with zero attached hydrogens (tertiary/aromatic N) is 3. The molecule has 314 valence electrons. The molecule has 0 unspecified atom stereocenters. The number of fused-ring (bicyclic) bond motifs is 2. The lowest BCUT2D eigenvalue weighted by atomic mass is 10.1. The summed E-state index contributed by atoms with van der Waals surface area (Å²) in [5.41, 5.74) is -4.11. The molecule has 0 spiro atoms. The van der Waals surface area contributed by atoms with Crippen molar-refractivity contribution in [3.8, 4) is 11.8 Å². The first-order valence-electron chi connectivity index (χ1n) is 18.2. The van der Waals surface area contributed by atoms with Crippen molar-refractivity contribution in [2.45, 2.75) is 40.0 Å². The van der Waals surface area contributed by atoms with E-state index in [9.17, 15) is 45.5 Å². The van der Waals surface area contributed by atoms with Crippen LogP contribution < -0.4 is 31.1 Å². The minimum Gasteiger partial charge on any atom is -0.477 e. The van der Waals surface area contributed by atoms with Gasteiger partial charge in [-0.1, -0.05) is 39.8 Å². The fourth-order valence-electron chi connectivity index (χ4n) is 5.74. The quantitative estimate of drug-likeness (QED) is 0.0579. The number of aromatic amines is 4. The van der Waals surface area contributed by atoms with Crippen LogP contribution in [0.4, 0.5) is 37.7 Å². The molecule has 0 radical (unpaired) electrons. The van der Waals surface area contributed by atoms with Crippen LogP contribution in [0.5, 0.6) is 11.8 Å². The summed E-state index contributed by atoms with van der Waals surface area (Å²) in [6.45, 7) is 6.86. The van der Waals surface area contributed by atoms with Gasteiger partial charge < -0.3 is 34.7 Å². The van der Waals surface area contributed by atoms with E-state index in [1.807, 2.05) is 0 Å². The van der Waals surface area contributed by atoms with Crippen LogP contribution in [0.15, 0.2) is 82.0 Å². The second-order valence-corrected chi connectivity index (χ2v) is 14.2. The number of pyridine rings is 2. The highest BCUT2D eigenvalue weighted by molar-refractivity contribution is 6.21. The first-order chi connectivity index (χ1) is 28.3. The van der Waals surface area contributed by atoms with Crippen molar-refractivity contribution in [2.75, 3.05) is 23.4 Å². The van der Waals surface area contributed by atoms with Gasteiger partial charge in [0.2, 0.25) is 11.8 Å². The van der Waals surface area contributed by atoms with Crippen molar-refractivity contribution in [1.29, 1.82) is 0 Å². The second-order valence-electron chi connectivity index (χ2n) is 14.2. The van der Waals surface area contributed by atoms with Gasteiger partial charge in [-0.2, -0.15) is 26.3 Å². The van der Waals surface area contributed by atoms with E-state index in [2.05, 4.69) is 35.2 Å². The second kappa shape index (κ2) is 17.0. The summed E-state index contributed by atoms with van der Waals surface area (Å²) in [5, 5.41) is 2.64. The number of carbonyl (C=O) groups excluding carboxylic acids is 2. The van der Waals surface area contributed by atoms with Crippen LogP contribution in [-0.2, 0) is 21.9 Å². The van der Waals surface area contributed by atoms with E-state index in [1.54, 1.807) is 33.8 Å². The molecule has 2 amide bonds. The standard InChI is InChI=1S/C40H36F6N8O6/c1-20(2)18-59-35-22(11-14-29(50-35)39(41,42)43)13-16-31(55)54(27-10-6-9-26-33(27)53-38(58)49-26)28(34(56)47-24-7-5-8-25-32(24)52-37(57)48-25)17-23-12-15-30(40(44,45)46)51-36(23)60-19-21(3)4/h5-17,20-21H,18-19H2,1-4H3,(H,47,56)(H2,48,52,57)(H2,49,53,58)/b16-13+,28-17+. The van der Waals surface area contributed by atoms with Gasteiger partial charge in [-0.25, -0.2) is 19.6 Å². The van der Waals surface area contributed by atoms with Crippen molar-refractivity contribution in [2.24, 2.45) is 11.8 Å². The Hall–Kier alpha value is -7.12. The highest BCUT2D eigenvalue weighted by Crippen LogP contribution is 2.35. The van der Waals surface area contributed by atoms with Crippen LogP contribution in [0.1, 0.15) is 50.2 Å². The molecule has 0 aliphatic heterocycles. The molecule has 2 aromatic carbocycles. The maximum Gasteiger partial charge on any atom is 0.433 e. The molecule has 6 aromatic rings. The Morgan fingerprint density at radius 2 is 1.23 bits per heavy atom. The number of rotatable bonds is 13. The summed E-state index contributed by atoms with van der Waals surface area (Å²) in [7, 11) is 0. The van der Waals surface area contributed by atoms with Crippen molar-refractivity contribution >= 4 is 57.4 Å². The lowest BCUT2D eigenvalue weighted by molar-refractivity contribution is -0.142. The van der Waals surface area contributed by atoms with E-state index in [1.165, 1.54) is 30.3 Å². The van der Waals surface area contributed by atoms with Crippen molar-refractivity contribution in [1.82, 2.24) is 29.9 Å². The maximum absolute atomic E-state index is 14.7. The van der Waals surface area contributed by atoms with Gasteiger partial charge in [0.1, 0.15) is 17.1 Å². The van der Waals surface area contributed by atoms with Gasteiger partial charge in [-0.05, 0) is 72.5 Å². The van der Waals surface area contributed by atoms with Crippen LogP contribution in [0.3, 0.4) is 0 Å². The third-order valence-electron chi connectivity index (χ3n) is 8.43. The fraction of sp³-hybridized carbons (Fsp3) is 0.250.